The lowest BCUT2D eigenvalue weighted by atomic mass is 10.5. The summed E-state index contributed by atoms with van der Waals surface area (Å²) in [4.78, 5) is 33.5. The van der Waals surface area contributed by atoms with E-state index in [4.69, 9.17) is 18.0 Å². The smallest absolute Gasteiger partial charge is 0.464 e. The number of esters is 1. The average Bonchev–Trinajstić information content (AvgIpc) is 2.33. The lowest BCUT2D eigenvalue weighted by Crippen LogP contribution is -2.48. The van der Waals surface area contributed by atoms with Gasteiger partial charge in [-0.3, -0.25) is 9.59 Å². The van der Waals surface area contributed by atoms with Crippen molar-refractivity contribution in [3.8, 4) is 0 Å². The second kappa shape index (κ2) is 10.1. The van der Waals surface area contributed by atoms with Gasteiger partial charge in [-0.1, -0.05) is 6.08 Å². The van der Waals surface area contributed by atoms with Crippen molar-refractivity contribution in [3.05, 3.63) is 12.2 Å². The lowest BCUT2D eigenvalue weighted by Gasteiger charge is -2.26. The fourth-order valence-electron chi connectivity index (χ4n) is 1.56. The highest BCUT2D eigenvalue weighted by atomic mass is 28.4. The van der Waals surface area contributed by atoms with Gasteiger partial charge in [0.2, 0.25) is 0 Å². The predicted octanol–water partition coefficient (Wildman–Crippen LogP) is 1.60. The van der Waals surface area contributed by atoms with Crippen molar-refractivity contribution in [3.63, 3.8) is 0 Å². The molecule has 0 bridgehead atoms. The molecule has 0 aromatic heterocycles. The summed E-state index contributed by atoms with van der Waals surface area (Å²) in [6.45, 7) is 6.21. The zero-order valence-electron chi connectivity index (χ0n) is 12.8. The zero-order valence-corrected chi connectivity index (χ0v) is 13.8. The van der Waals surface area contributed by atoms with Gasteiger partial charge in [-0.2, -0.15) is 0 Å². The first-order valence-electron chi connectivity index (χ1n) is 6.67. The van der Waals surface area contributed by atoms with Crippen molar-refractivity contribution >= 4 is 26.7 Å². The van der Waals surface area contributed by atoms with E-state index in [0.717, 1.165) is 0 Å². The van der Waals surface area contributed by atoms with Crippen LogP contribution in [0.4, 0.5) is 0 Å². The van der Waals surface area contributed by atoms with Crippen LogP contribution in [0.3, 0.4) is 0 Å². The van der Waals surface area contributed by atoms with Gasteiger partial charge in [0.1, 0.15) is 0 Å². The molecule has 120 valence electrons. The Morgan fingerprint density at radius 1 is 1.10 bits per heavy atom. The molecule has 0 amide bonds. The van der Waals surface area contributed by atoms with Crippen LogP contribution in [-0.4, -0.2) is 39.9 Å². The van der Waals surface area contributed by atoms with Crippen molar-refractivity contribution in [2.24, 2.45) is 0 Å². The summed E-state index contributed by atoms with van der Waals surface area (Å²) in [5, 5.41) is 0. The molecule has 21 heavy (non-hydrogen) atoms. The maximum Gasteiger partial charge on any atom is 0.636 e. The Balaban J connectivity index is 4.60. The Kier molecular flexibility index (Phi) is 9.31. The molecule has 0 aliphatic carbocycles. The SMILES string of the molecule is CC=CC(=O)OCCC[Si](OCC)(OC(C)=O)OC(C)=O. The number of hydrogen-bond acceptors (Lipinski definition) is 7. The number of ether oxygens (including phenoxy) is 1. The van der Waals surface area contributed by atoms with Crippen LogP contribution in [0.25, 0.3) is 0 Å². The van der Waals surface area contributed by atoms with Crippen LogP contribution in [0, 0.1) is 0 Å². The minimum atomic E-state index is -3.42. The maximum absolute atomic E-state index is 11.2. The van der Waals surface area contributed by atoms with Gasteiger partial charge in [-0.05, 0) is 20.3 Å². The van der Waals surface area contributed by atoms with Crippen molar-refractivity contribution in [2.75, 3.05) is 13.2 Å². The third kappa shape index (κ3) is 8.98. The molecular formula is C13H22O7Si. The molecule has 8 heteroatoms. The number of carbonyl (C=O) groups excluding carboxylic acids is 3. The predicted molar refractivity (Wildman–Crippen MR) is 76.1 cm³/mol. The first kappa shape index (κ1) is 19.3. The van der Waals surface area contributed by atoms with Crippen LogP contribution < -0.4 is 0 Å². The largest absolute Gasteiger partial charge is 0.636 e. The number of carbonyl (C=O) groups is 3. The first-order valence-corrected chi connectivity index (χ1v) is 8.61. The molecule has 7 nitrogen and oxygen atoms in total. The highest BCUT2D eigenvalue weighted by molar-refractivity contribution is 6.64. The average molecular weight is 318 g/mol. The Morgan fingerprint density at radius 2 is 1.67 bits per heavy atom. The third-order valence-electron chi connectivity index (χ3n) is 2.14. The maximum atomic E-state index is 11.2. The molecule has 0 heterocycles. The van der Waals surface area contributed by atoms with Gasteiger partial charge in [0.05, 0.1) is 6.61 Å². The normalized spacial score (nSPS) is 11.2. The molecule has 0 N–H and O–H groups in total. The van der Waals surface area contributed by atoms with E-state index < -0.39 is 26.7 Å². The second-order valence-corrected chi connectivity index (χ2v) is 6.64. The summed E-state index contributed by atoms with van der Waals surface area (Å²) in [5.41, 5.74) is 0. The molecule has 0 aliphatic heterocycles. The Labute approximate surface area is 125 Å². The fourth-order valence-corrected chi connectivity index (χ4v) is 3.96. The van der Waals surface area contributed by atoms with Crippen LogP contribution >= 0.6 is 0 Å². The molecule has 0 aliphatic rings. The molecule has 0 rings (SSSR count). The van der Waals surface area contributed by atoms with Crippen molar-refractivity contribution in [1.29, 1.82) is 0 Å². The molecule has 0 spiro atoms. The summed E-state index contributed by atoms with van der Waals surface area (Å²) < 4.78 is 20.6. The summed E-state index contributed by atoms with van der Waals surface area (Å²) in [5.74, 6) is -1.62. The quantitative estimate of drug-likeness (QED) is 0.276. The van der Waals surface area contributed by atoms with Crippen molar-refractivity contribution < 1.29 is 32.4 Å². The second-order valence-electron chi connectivity index (χ2n) is 4.07. The first-order chi connectivity index (χ1) is 9.85. The summed E-state index contributed by atoms with van der Waals surface area (Å²) >= 11 is 0. The topological polar surface area (TPSA) is 88.1 Å². The molecule has 0 saturated heterocycles. The van der Waals surface area contributed by atoms with E-state index in [9.17, 15) is 14.4 Å². The minimum Gasteiger partial charge on any atom is -0.464 e. The highest BCUT2D eigenvalue weighted by Gasteiger charge is 2.47. The lowest BCUT2D eigenvalue weighted by molar-refractivity contribution is -0.144. The van der Waals surface area contributed by atoms with Gasteiger partial charge in [0.15, 0.2) is 0 Å². The number of allylic oxidation sites excluding steroid dienone is 1. The molecule has 0 fully saturated rings. The Hall–Kier alpha value is -1.67. The standard InChI is InChI=1S/C13H22O7Si/c1-5-8-13(16)17-9-7-10-21(18-6-2,19-11(3)14)20-12(4)15/h5,8H,6-7,9-10H2,1-4H3. The van der Waals surface area contributed by atoms with E-state index in [0.29, 0.717) is 6.42 Å². The Bertz CT molecular complexity index is 376. The summed E-state index contributed by atoms with van der Waals surface area (Å²) in [6.07, 6.45) is 3.22. The number of rotatable bonds is 9. The van der Waals surface area contributed by atoms with Crippen molar-refractivity contribution in [2.45, 2.75) is 40.2 Å². The third-order valence-corrected chi connectivity index (χ3v) is 5.03. The van der Waals surface area contributed by atoms with Gasteiger partial charge in [-0.25, -0.2) is 4.79 Å². The van der Waals surface area contributed by atoms with E-state index in [1.54, 1.807) is 19.9 Å². The van der Waals surface area contributed by atoms with Gasteiger partial charge < -0.3 is 18.0 Å². The van der Waals surface area contributed by atoms with Crippen LogP contribution in [0.15, 0.2) is 12.2 Å². The van der Waals surface area contributed by atoms with Crippen LogP contribution in [-0.2, 0) is 32.4 Å². The van der Waals surface area contributed by atoms with Crippen LogP contribution in [0.1, 0.15) is 34.1 Å². The summed E-state index contributed by atoms with van der Waals surface area (Å²) in [7, 11) is -3.42. The van der Waals surface area contributed by atoms with Gasteiger partial charge in [0.25, 0.3) is 11.9 Å². The minimum absolute atomic E-state index is 0.119. The summed E-state index contributed by atoms with van der Waals surface area (Å²) in [6, 6.07) is 0.198. The van der Waals surface area contributed by atoms with Gasteiger partial charge in [0, 0.05) is 32.6 Å². The van der Waals surface area contributed by atoms with E-state index >= 15 is 0 Å². The van der Waals surface area contributed by atoms with Crippen molar-refractivity contribution in [1.82, 2.24) is 0 Å². The van der Waals surface area contributed by atoms with E-state index in [-0.39, 0.29) is 19.3 Å². The fraction of sp³-hybridized carbons (Fsp3) is 0.615. The molecule has 0 radical (unpaired) electrons. The van der Waals surface area contributed by atoms with E-state index in [2.05, 4.69) is 0 Å². The Morgan fingerprint density at radius 3 is 2.10 bits per heavy atom. The molecule has 0 atom stereocenters. The van der Waals surface area contributed by atoms with Gasteiger partial charge >= 0.3 is 14.8 Å². The van der Waals surface area contributed by atoms with Crippen LogP contribution in [0.2, 0.25) is 6.04 Å². The molecular weight excluding hydrogens is 296 g/mol. The molecule has 0 saturated carbocycles. The van der Waals surface area contributed by atoms with E-state index in [1.807, 2.05) is 0 Å². The molecule has 0 unspecified atom stereocenters. The molecule has 0 aromatic rings. The van der Waals surface area contributed by atoms with Crippen LogP contribution in [0.5, 0.6) is 0 Å². The van der Waals surface area contributed by atoms with Gasteiger partial charge in [-0.15, -0.1) is 0 Å². The molecule has 0 aromatic carbocycles. The highest BCUT2D eigenvalue weighted by Crippen LogP contribution is 2.19. The zero-order chi connectivity index (χ0) is 16.3. The number of hydrogen-bond donors (Lipinski definition) is 0. The van der Waals surface area contributed by atoms with E-state index in [1.165, 1.54) is 19.9 Å². The monoisotopic (exact) mass is 318 g/mol.